The first kappa shape index (κ1) is 61.2. The maximum Gasteiger partial charge on any atom is 0.251 e. The van der Waals surface area contributed by atoms with E-state index in [9.17, 15) is 45.0 Å². The highest BCUT2D eigenvalue weighted by atomic mass is 16.3. The molecule has 6 unspecified atom stereocenters. The minimum absolute atomic E-state index is 0.0732. The van der Waals surface area contributed by atoms with E-state index in [0.717, 1.165) is 0 Å². The lowest BCUT2D eigenvalue weighted by Crippen LogP contribution is -2.59. The molecule has 0 aromatic rings. The molecular formula is C51H101N3O9. The molecule has 0 rings (SSSR count). The van der Waals surface area contributed by atoms with E-state index in [0.29, 0.717) is 19.3 Å². The average Bonchev–Trinajstić information content (AvgIpc) is 2.99. The van der Waals surface area contributed by atoms with Crippen molar-refractivity contribution in [2.24, 2.45) is 48.7 Å². The normalized spacial score (nSPS) is 19.1. The van der Waals surface area contributed by atoms with Gasteiger partial charge < -0.3 is 46.6 Å². The Morgan fingerprint density at radius 1 is 0.381 bits per heavy atom. The summed E-state index contributed by atoms with van der Waals surface area (Å²) in [6.07, 6.45) is -1.20. The molecule has 0 saturated heterocycles. The second-order valence-electron chi connectivity index (χ2n) is 28.3. The van der Waals surface area contributed by atoms with Crippen LogP contribution in [0.15, 0.2) is 0 Å². The molecule has 12 nitrogen and oxygen atoms in total. The summed E-state index contributed by atoms with van der Waals surface area (Å²) in [5.41, 5.74) is -10.6. The van der Waals surface area contributed by atoms with Gasteiger partial charge in [-0.05, 0) is 103 Å². The first-order valence-corrected chi connectivity index (χ1v) is 23.3. The summed E-state index contributed by atoms with van der Waals surface area (Å²) >= 11 is 0. The maximum absolute atomic E-state index is 14.2. The molecule has 3 amide bonds. The van der Waals surface area contributed by atoms with Gasteiger partial charge in [0.2, 0.25) is 5.91 Å². The Morgan fingerprint density at radius 3 is 0.905 bits per heavy atom. The van der Waals surface area contributed by atoms with Crippen LogP contribution in [-0.4, -0.2) is 103 Å². The van der Waals surface area contributed by atoms with Crippen LogP contribution in [0.5, 0.6) is 0 Å². The van der Waals surface area contributed by atoms with Gasteiger partial charge in [-0.2, -0.15) is 0 Å². The Balaban J connectivity index is 6.63. The Hall–Kier alpha value is -1.83. The van der Waals surface area contributed by atoms with Gasteiger partial charge in [-0.15, -0.1) is 0 Å². The molecule has 374 valence electrons. The summed E-state index contributed by atoms with van der Waals surface area (Å²) in [4.78, 5) is 41.8. The molecule has 0 fully saturated rings. The van der Waals surface area contributed by atoms with E-state index >= 15 is 0 Å². The number of hydrogen-bond donors (Lipinski definition) is 9. The standard InChI is InChI=1S/C51H101N3O9/c1-40(2,3)27-43(10,11)34(55)46(16,17)30-50(23,62)38(59)52-25-33(54-37(58)48(20,21)32-49(22,61)36(57)45(14,15)29-42(7,8)9)26-53-39(60)51(24,63)31-47(18,19)35(56)44(12,13)28-41(4,5)6/h33-36,55-57,61-63H,25-32H2,1-24H3,(H,52,59)(H,53,60)(H,54,58). The van der Waals surface area contributed by atoms with Crippen molar-refractivity contribution >= 4 is 17.7 Å². The number of hydrogen-bond acceptors (Lipinski definition) is 9. The molecule has 0 spiro atoms. The summed E-state index contributed by atoms with van der Waals surface area (Å²) < 4.78 is 0. The molecule has 0 radical (unpaired) electrons. The van der Waals surface area contributed by atoms with Crippen molar-refractivity contribution in [3.05, 3.63) is 0 Å². The molecule has 12 heteroatoms. The predicted octanol–water partition coefficient (Wildman–Crippen LogP) is 7.68. The second-order valence-corrected chi connectivity index (χ2v) is 28.3. The highest BCUT2D eigenvalue weighted by molar-refractivity contribution is 5.86. The van der Waals surface area contributed by atoms with Crippen LogP contribution in [0.4, 0.5) is 0 Å². The van der Waals surface area contributed by atoms with Gasteiger partial charge in [0.25, 0.3) is 11.8 Å². The Bertz CT molecular complexity index is 1440. The van der Waals surface area contributed by atoms with Crippen LogP contribution in [-0.2, 0) is 14.4 Å². The summed E-state index contributed by atoms with van der Waals surface area (Å²) in [6, 6.07) is -0.961. The van der Waals surface area contributed by atoms with E-state index in [1.165, 1.54) is 20.8 Å². The fourth-order valence-electron chi connectivity index (χ4n) is 11.9. The van der Waals surface area contributed by atoms with Crippen molar-refractivity contribution in [3.63, 3.8) is 0 Å². The zero-order chi connectivity index (χ0) is 50.8. The second kappa shape index (κ2) is 20.2. The SMILES string of the molecule is CC(C)(C)CC(C)(C)C(O)C(C)(C)CC(C)(O)C(=O)NCC(CNC(=O)C(C)(O)CC(C)(C)C(O)C(C)(C)CC(C)(C)C)NC(=O)C(C)(C)CC(C)(O)C(O)C(C)(C)CC(C)(C)C. The van der Waals surface area contributed by atoms with Gasteiger partial charge in [-0.3, -0.25) is 14.4 Å². The predicted molar refractivity (Wildman–Crippen MR) is 257 cm³/mol. The van der Waals surface area contributed by atoms with Crippen molar-refractivity contribution in [1.82, 2.24) is 16.0 Å². The molecular weight excluding hydrogens is 799 g/mol. The Labute approximate surface area is 385 Å². The summed E-state index contributed by atoms with van der Waals surface area (Å²) in [5, 5.41) is 78.1. The number of nitrogens with one attached hydrogen (secondary N) is 3. The van der Waals surface area contributed by atoms with Gasteiger partial charge in [0.05, 0.1) is 30.0 Å². The highest BCUT2D eigenvalue weighted by Gasteiger charge is 2.50. The number of carbonyl (C=O) groups excluding carboxylic acids is 3. The largest absolute Gasteiger partial charge is 0.392 e. The lowest BCUT2D eigenvalue weighted by molar-refractivity contribution is -0.152. The minimum atomic E-state index is -1.94. The van der Waals surface area contributed by atoms with E-state index in [1.54, 1.807) is 13.8 Å². The summed E-state index contributed by atoms with van der Waals surface area (Å²) in [6.45, 7) is 44.8. The van der Waals surface area contributed by atoms with E-state index in [-0.39, 0.29) is 48.6 Å². The molecule has 0 aromatic carbocycles. The fourth-order valence-corrected chi connectivity index (χ4v) is 11.9. The molecule has 0 heterocycles. The average molecular weight is 900 g/mol. The minimum Gasteiger partial charge on any atom is -0.392 e. The molecule has 0 aliphatic rings. The number of rotatable bonds is 23. The molecule has 0 aliphatic carbocycles. The first-order chi connectivity index (χ1) is 27.3. The number of aliphatic hydroxyl groups excluding tert-OH is 3. The van der Waals surface area contributed by atoms with E-state index in [1.807, 2.05) is 69.2 Å². The Morgan fingerprint density at radius 2 is 0.635 bits per heavy atom. The van der Waals surface area contributed by atoms with Crippen molar-refractivity contribution in [2.45, 2.75) is 246 Å². The first-order valence-electron chi connectivity index (χ1n) is 23.3. The fraction of sp³-hybridized carbons (Fsp3) is 0.941. The summed E-state index contributed by atoms with van der Waals surface area (Å²) in [7, 11) is 0. The van der Waals surface area contributed by atoms with Crippen LogP contribution in [0.1, 0.15) is 205 Å². The molecule has 0 aromatic heterocycles. The monoisotopic (exact) mass is 900 g/mol. The molecule has 6 atom stereocenters. The quantitative estimate of drug-likeness (QED) is 0.0492. The van der Waals surface area contributed by atoms with Crippen LogP contribution in [0.3, 0.4) is 0 Å². The number of carbonyl (C=O) groups is 3. The van der Waals surface area contributed by atoms with Crippen LogP contribution in [0, 0.1) is 48.7 Å². The molecule has 63 heavy (non-hydrogen) atoms. The van der Waals surface area contributed by atoms with E-state index in [2.05, 4.69) is 78.3 Å². The third-order valence-corrected chi connectivity index (χ3v) is 12.6. The van der Waals surface area contributed by atoms with Gasteiger partial charge in [-0.25, -0.2) is 0 Å². The zero-order valence-corrected chi connectivity index (χ0v) is 44.9. The maximum atomic E-state index is 14.2. The van der Waals surface area contributed by atoms with Crippen LogP contribution in [0.25, 0.3) is 0 Å². The highest BCUT2D eigenvalue weighted by Crippen LogP contribution is 2.47. The van der Waals surface area contributed by atoms with Crippen molar-refractivity contribution in [3.8, 4) is 0 Å². The van der Waals surface area contributed by atoms with Crippen molar-refractivity contribution in [1.29, 1.82) is 0 Å². The van der Waals surface area contributed by atoms with Crippen LogP contribution in [0.2, 0.25) is 0 Å². The number of amides is 3. The van der Waals surface area contributed by atoms with Gasteiger partial charge in [0.15, 0.2) is 0 Å². The molecule has 9 N–H and O–H groups in total. The topological polar surface area (TPSA) is 209 Å². The third-order valence-electron chi connectivity index (χ3n) is 12.6. The van der Waals surface area contributed by atoms with Crippen LogP contribution < -0.4 is 16.0 Å². The molecule has 0 aliphatic heterocycles. The molecule has 0 bridgehead atoms. The smallest absolute Gasteiger partial charge is 0.251 e. The van der Waals surface area contributed by atoms with E-state index in [4.69, 9.17) is 0 Å². The Kier molecular flexibility index (Phi) is 19.6. The van der Waals surface area contributed by atoms with Gasteiger partial charge in [0, 0.05) is 18.5 Å². The van der Waals surface area contributed by atoms with E-state index < -0.39 is 91.4 Å². The molecule has 0 saturated carbocycles. The third kappa shape index (κ3) is 19.5. The zero-order valence-electron chi connectivity index (χ0n) is 44.9. The number of aliphatic hydroxyl groups is 6. The van der Waals surface area contributed by atoms with Gasteiger partial charge in [-0.1, -0.05) is 145 Å². The summed E-state index contributed by atoms with van der Waals surface area (Å²) in [5.74, 6) is -2.01. The lowest BCUT2D eigenvalue weighted by atomic mass is 9.63. The van der Waals surface area contributed by atoms with Crippen LogP contribution >= 0.6 is 0 Å². The van der Waals surface area contributed by atoms with Gasteiger partial charge >= 0.3 is 0 Å². The lowest BCUT2D eigenvalue weighted by Gasteiger charge is -2.46. The van der Waals surface area contributed by atoms with Crippen molar-refractivity contribution in [2.75, 3.05) is 13.1 Å². The van der Waals surface area contributed by atoms with Gasteiger partial charge in [0.1, 0.15) is 11.2 Å². The van der Waals surface area contributed by atoms with Crippen molar-refractivity contribution < 1.29 is 45.0 Å².